The topological polar surface area (TPSA) is 99.9 Å². The minimum absolute atomic E-state index is 0.139. The average molecular weight is 245 g/mol. The van der Waals surface area contributed by atoms with Gasteiger partial charge in [0.15, 0.2) is 0 Å². The summed E-state index contributed by atoms with van der Waals surface area (Å²) in [6.07, 6.45) is -0.165. The third kappa shape index (κ3) is 2.07. The number of carboxylic acid groups (broad SMARTS) is 1. The molecule has 3 atom stereocenters. The molecule has 0 aromatic carbocycles. The zero-order valence-corrected chi connectivity index (χ0v) is 9.05. The van der Waals surface area contributed by atoms with Crippen molar-refractivity contribution in [1.82, 2.24) is 4.98 Å². The molecule has 16 heavy (non-hydrogen) atoms. The van der Waals surface area contributed by atoms with E-state index in [1.807, 2.05) is 0 Å². The third-order valence-corrected chi connectivity index (χ3v) is 3.49. The van der Waals surface area contributed by atoms with Crippen LogP contribution < -0.4 is 0 Å². The maximum Gasteiger partial charge on any atom is 0.347 e. The number of aromatic carboxylic acids is 1. The van der Waals surface area contributed by atoms with E-state index in [2.05, 4.69) is 4.98 Å². The lowest BCUT2D eigenvalue weighted by atomic mass is 10.1. The second kappa shape index (κ2) is 4.46. The van der Waals surface area contributed by atoms with E-state index in [1.54, 1.807) is 0 Å². The molecule has 0 bridgehead atoms. The van der Waals surface area contributed by atoms with Crippen LogP contribution in [0.1, 0.15) is 27.2 Å². The van der Waals surface area contributed by atoms with Crippen molar-refractivity contribution in [2.24, 2.45) is 0 Å². The minimum Gasteiger partial charge on any atom is -0.477 e. The van der Waals surface area contributed by atoms with E-state index in [-0.39, 0.29) is 11.5 Å². The predicted octanol–water partition coefficient (Wildman–Crippen LogP) is 0.0245. The number of rotatable bonds is 3. The molecule has 1 saturated heterocycles. The fourth-order valence-corrected chi connectivity index (χ4v) is 2.39. The standard InChI is InChI=1S/C9H11NO5S/c11-3-6-4(12)1-5(15-6)8-10-2-7(16-8)9(13)14/h2,4-6,11-12H,1,3H2,(H,13,14)/t4-,5?,6+/m0/s1. The van der Waals surface area contributed by atoms with Crippen LogP contribution in [0.4, 0.5) is 0 Å². The smallest absolute Gasteiger partial charge is 0.347 e. The molecule has 0 spiro atoms. The Hall–Kier alpha value is -1.02. The molecule has 88 valence electrons. The first kappa shape index (κ1) is 11.5. The van der Waals surface area contributed by atoms with Crippen LogP contribution in [0.3, 0.4) is 0 Å². The van der Waals surface area contributed by atoms with Gasteiger partial charge >= 0.3 is 5.97 Å². The molecule has 0 aliphatic carbocycles. The fraction of sp³-hybridized carbons (Fsp3) is 0.556. The highest BCUT2D eigenvalue weighted by atomic mass is 32.1. The van der Waals surface area contributed by atoms with E-state index in [0.717, 1.165) is 11.3 Å². The number of hydrogen-bond acceptors (Lipinski definition) is 6. The van der Waals surface area contributed by atoms with E-state index in [0.29, 0.717) is 11.4 Å². The van der Waals surface area contributed by atoms with Crippen molar-refractivity contribution in [1.29, 1.82) is 0 Å². The number of thiazole rings is 1. The summed E-state index contributed by atoms with van der Waals surface area (Å²) in [6, 6.07) is 0. The van der Waals surface area contributed by atoms with Crippen molar-refractivity contribution in [3.63, 3.8) is 0 Å². The van der Waals surface area contributed by atoms with Crippen LogP contribution in [0.15, 0.2) is 6.20 Å². The minimum atomic E-state index is -1.03. The number of aliphatic hydroxyl groups is 2. The van der Waals surface area contributed by atoms with Crippen LogP contribution in [0.25, 0.3) is 0 Å². The Morgan fingerprint density at radius 3 is 2.94 bits per heavy atom. The van der Waals surface area contributed by atoms with Gasteiger partial charge in [-0.2, -0.15) is 0 Å². The first-order valence-corrected chi connectivity index (χ1v) is 5.57. The third-order valence-electron chi connectivity index (χ3n) is 2.41. The molecule has 1 unspecified atom stereocenters. The number of aliphatic hydroxyl groups excluding tert-OH is 2. The van der Waals surface area contributed by atoms with Crippen LogP contribution in [0, 0.1) is 0 Å². The van der Waals surface area contributed by atoms with Crippen LogP contribution in [0.5, 0.6) is 0 Å². The van der Waals surface area contributed by atoms with E-state index in [9.17, 15) is 9.90 Å². The van der Waals surface area contributed by atoms with E-state index in [4.69, 9.17) is 14.9 Å². The van der Waals surface area contributed by atoms with Gasteiger partial charge in [0, 0.05) is 6.42 Å². The molecule has 1 aromatic rings. The Morgan fingerprint density at radius 2 is 2.44 bits per heavy atom. The summed E-state index contributed by atoms with van der Waals surface area (Å²) < 4.78 is 5.36. The quantitative estimate of drug-likeness (QED) is 0.694. The molecular weight excluding hydrogens is 234 g/mol. The Morgan fingerprint density at radius 1 is 1.69 bits per heavy atom. The molecule has 1 fully saturated rings. The molecule has 1 aliphatic rings. The van der Waals surface area contributed by atoms with Crippen molar-refractivity contribution in [3.05, 3.63) is 16.1 Å². The van der Waals surface area contributed by atoms with Gasteiger partial charge in [-0.1, -0.05) is 0 Å². The molecule has 1 aliphatic heterocycles. The highest BCUT2D eigenvalue weighted by Gasteiger charge is 2.35. The summed E-state index contributed by atoms with van der Waals surface area (Å²) in [5, 5.41) is 27.7. The van der Waals surface area contributed by atoms with Gasteiger partial charge in [-0.05, 0) is 0 Å². The molecule has 2 rings (SSSR count). The van der Waals surface area contributed by atoms with Gasteiger partial charge < -0.3 is 20.1 Å². The molecule has 7 heteroatoms. The number of ether oxygens (including phenoxy) is 1. The lowest BCUT2D eigenvalue weighted by Crippen LogP contribution is -2.24. The maximum absolute atomic E-state index is 10.7. The van der Waals surface area contributed by atoms with Crippen LogP contribution in [0.2, 0.25) is 0 Å². The number of nitrogens with zero attached hydrogens (tertiary/aromatic N) is 1. The number of aromatic nitrogens is 1. The van der Waals surface area contributed by atoms with Gasteiger partial charge in [-0.3, -0.25) is 0 Å². The van der Waals surface area contributed by atoms with Gasteiger partial charge in [0.25, 0.3) is 0 Å². The van der Waals surface area contributed by atoms with E-state index in [1.165, 1.54) is 6.20 Å². The summed E-state index contributed by atoms with van der Waals surface area (Å²) in [6.45, 7) is -0.255. The maximum atomic E-state index is 10.7. The number of carboxylic acids is 1. The lowest BCUT2D eigenvalue weighted by molar-refractivity contribution is -0.0225. The predicted molar refractivity (Wildman–Crippen MR) is 54.4 cm³/mol. The summed E-state index contributed by atoms with van der Waals surface area (Å²) in [5.74, 6) is -1.03. The molecule has 3 N–H and O–H groups in total. The van der Waals surface area contributed by atoms with Crippen molar-refractivity contribution in [3.8, 4) is 0 Å². The largest absolute Gasteiger partial charge is 0.477 e. The first-order valence-electron chi connectivity index (χ1n) is 4.75. The van der Waals surface area contributed by atoms with E-state index < -0.39 is 24.3 Å². The van der Waals surface area contributed by atoms with Gasteiger partial charge in [-0.25, -0.2) is 9.78 Å². The molecule has 2 heterocycles. The normalized spacial score (nSPS) is 29.5. The molecule has 6 nitrogen and oxygen atoms in total. The Labute approximate surface area is 95.1 Å². The van der Waals surface area contributed by atoms with Crippen LogP contribution >= 0.6 is 11.3 Å². The number of hydrogen-bond donors (Lipinski definition) is 3. The van der Waals surface area contributed by atoms with Crippen LogP contribution in [-0.4, -0.2) is 45.1 Å². The highest BCUT2D eigenvalue weighted by Crippen LogP contribution is 2.34. The van der Waals surface area contributed by atoms with Gasteiger partial charge in [0.2, 0.25) is 0 Å². The van der Waals surface area contributed by atoms with Crippen molar-refractivity contribution >= 4 is 17.3 Å². The zero-order valence-electron chi connectivity index (χ0n) is 8.24. The second-order valence-electron chi connectivity index (χ2n) is 3.52. The molecule has 0 radical (unpaired) electrons. The Bertz CT molecular complexity index is 393. The van der Waals surface area contributed by atoms with Crippen molar-refractivity contribution < 1.29 is 24.9 Å². The Kier molecular flexibility index (Phi) is 3.20. The highest BCUT2D eigenvalue weighted by molar-refractivity contribution is 7.13. The van der Waals surface area contributed by atoms with Gasteiger partial charge in [-0.15, -0.1) is 11.3 Å². The summed E-state index contributed by atoms with van der Waals surface area (Å²) in [5.41, 5.74) is 0. The van der Waals surface area contributed by atoms with Crippen LogP contribution in [-0.2, 0) is 4.74 Å². The average Bonchev–Trinajstić information content (AvgIpc) is 2.83. The lowest BCUT2D eigenvalue weighted by Gasteiger charge is -2.09. The fourth-order valence-electron chi connectivity index (χ4n) is 1.59. The monoisotopic (exact) mass is 245 g/mol. The SMILES string of the molecule is O=C(O)c1cnc(C2C[C@H](O)[C@@H](CO)O2)s1. The molecule has 1 aromatic heterocycles. The zero-order chi connectivity index (χ0) is 11.7. The summed E-state index contributed by atoms with van der Waals surface area (Å²) >= 11 is 1.02. The molecule has 0 saturated carbocycles. The van der Waals surface area contributed by atoms with Gasteiger partial charge in [0.1, 0.15) is 22.1 Å². The molecular formula is C9H11NO5S. The van der Waals surface area contributed by atoms with E-state index >= 15 is 0 Å². The number of carbonyl (C=O) groups is 1. The van der Waals surface area contributed by atoms with Crippen molar-refractivity contribution in [2.75, 3.05) is 6.61 Å². The summed E-state index contributed by atoms with van der Waals surface area (Å²) in [7, 11) is 0. The van der Waals surface area contributed by atoms with Gasteiger partial charge in [0.05, 0.1) is 18.9 Å². The van der Waals surface area contributed by atoms with Crippen molar-refractivity contribution in [2.45, 2.75) is 24.7 Å². The first-order chi connectivity index (χ1) is 7.61. The molecule has 0 amide bonds. The Balaban J connectivity index is 2.11. The summed E-state index contributed by atoms with van der Waals surface area (Å²) in [4.78, 5) is 14.7. The second-order valence-corrected chi connectivity index (χ2v) is 4.58.